The van der Waals surface area contributed by atoms with E-state index in [4.69, 9.17) is 21.1 Å². The highest BCUT2D eigenvalue weighted by Gasteiger charge is 2.44. The summed E-state index contributed by atoms with van der Waals surface area (Å²) in [5, 5.41) is 4.20. The van der Waals surface area contributed by atoms with Crippen LogP contribution in [0.5, 0.6) is 0 Å². The summed E-state index contributed by atoms with van der Waals surface area (Å²) >= 11 is 9.66. The van der Waals surface area contributed by atoms with Gasteiger partial charge in [0.25, 0.3) is 0 Å². The number of ether oxygens (including phenoxy) is 2. The number of nitrogens with one attached hydrogen (secondary N) is 1. The highest BCUT2D eigenvalue weighted by molar-refractivity contribution is 9.10. The Hall–Kier alpha value is -1.69. The van der Waals surface area contributed by atoms with Crippen molar-refractivity contribution >= 4 is 27.5 Å². The van der Waals surface area contributed by atoms with Crippen LogP contribution in [0.3, 0.4) is 0 Å². The van der Waals surface area contributed by atoms with Crippen molar-refractivity contribution in [1.82, 2.24) is 5.32 Å². The van der Waals surface area contributed by atoms with Crippen LogP contribution in [0.25, 0.3) is 0 Å². The largest absolute Gasteiger partial charge is 0.369 e. The van der Waals surface area contributed by atoms with Gasteiger partial charge in [0.1, 0.15) is 11.7 Å². The van der Waals surface area contributed by atoms with Gasteiger partial charge >= 0.3 is 0 Å². The van der Waals surface area contributed by atoms with Gasteiger partial charge in [-0.2, -0.15) is 0 Å². The summed E-state index contributed by atoms with van der Waals surface area (Å²) < 4.78 is 14.2. The fraction of sp³-hybridized carbons (Fsp3) is 0.280. The summed E-state index contributed by atoms with van der Waals surface area (Å²) in [7, 11) is 0. The van der Waals surface area contributed by atoms with Crippen LogP contribution in [-0.4, -0.2) is 19.2 Å². The van der Waals surface area contributed by atoms with Crippen LogP contribution in [0.2, 0.25) is 5.02 Å². The third-order valence-corrected chi connectivity index (χ3v) is 6.34. The van der Waals surface area contributed by atoms with E-state index in [0.29, 0.717) is 13.2 Å². The van der Waals surface area contributed by atoms with E-state index in [1.165, 1.54) is 0 Å². The van der Waals surface area contributed by atoms with E-state index in [2.05, 4.69) is 57.6 Å². The minimum absolute atomic E-state index is 0.125. The molecule has 0 aromatic heterocycles. The second kappa shape index (κ2) is 10.1. The van der Waals surface area contributed by atoms with Crippen LogP contribution in [-0.2, 0) is 28.3 Å². The van der Waals surface area contributed by atoms with Crippen molar-refractivity contribution < 1.29 is 9.47 Å². The Morgan fingerprint density at radius 2 is 1.60 bits per heavy atom. The van der Waals surface area contributed by atoms with Crippen LogP contribution < -0.4 is 5.32 Å². The molecule has 1 saturated heterocycles. The van der Waals surface area contributed by atoms with E-state index < -0.39 is 5.60 Å². The molecule has 1 aliphatic heterocycles. The van der Waals surface area contributed by atoms with Gasteiger partial charge in [0.15, 0.2) is 0 Å². The standard InChI is InChI=1S/C25H25BrClNO2/c26-22-10-6-20(7-11-22)17-29-24-16-28-15-14-25(24,21-8-12-23(27)13-9-21)30-18-19-4-2-1-3-5-19/h1-13,24,28H,14-18H2. The molecule has 1 aliphatic rings. The molecule has 3 aromatic carbocycles. The maximum Gasteiger partial charge on any atom is 0.122 e. The second-order valence-electron chi connectivity index (χ2n) is 7.55. The topological polar surface area (TPSA) is 30.5 Å². The van der Waals surface area contributed by atoms with Gasteiger partial charge in [-0.25, -0.2) is 0 Å². The zero-order valence-electron chi connectivity index (χ0n) is 16.7. The predicted molar refractivity (Wildman–Crippen MR) is 125 cm³/mol. The van der Waals surface area contributed by atoms with E-state index in [-0.39, 0.29) is 6.10 Å². The third kappa shape index (κ3) is 5.13. The van der Waals surface area contributed by atoms with Crippen LogP contribution in [0.1, 0.15) is 23.1 Å². The van der Waals surface area contributed by atoms with E-state index in [1.54, 1.807) is 0 Å². The lowest BCUT2D eigenvalue weighted by atomic mass is 9.82. The van der Waals surface area contributed by atoms with Crippen molar-refractivity contribution in [2.75, 3.05) is 13.1 Å². The first kappa shape index (κ1) is 21.5. The molecule has 1 N–H and O–H groups in total. The van der Waals surface area contributed by atoms with Crippen molar-refractivity contribution in [1.29, 1.82) is 0 Å². The Labute approximate surface area is 191 Å². The molecule has 0 spiro atoms. The minimum Gasteiger partial charge on any atom is -0.369 e. The number of benzene rings is 3. The van der Waals surface area contributed by atoms with Crippen LogP contribution in [0.4, 0.5) is 0 Å². The molecule has 3 aromatic rings. The van der Waals surface area contributed by atoms with Gasteiger partial charge in [-0.3, -0.25) is 0 Å². The fourth-order valence-corrected chi connectivity index (χ4v) is 4.29. The van der Waals surface area contributed by atoms with Crippen LogP contribution in [0, 0.1) is 0 Å². The molecule has 3 nitrogen and oxygen atoms in total. The minimum atomic E-state index is -0.541. The van der Waals surface area contributed by atoms with Gasteiger partial charge < -0.3 is 14.8 Å². The molecule has 0 radical (unpaired) electrons. The summed E-state index contributed by atoms with van der Waals surface area (Å²) in [6.45, 7) is 2.66. The first-order chi connectivity index (χ1) is 14.7. The molecular weight excluding hydrogens is 462 g/mol. The highest BCUT2D eigenvalue weighted by Crippen LogP contribution is 2.38. The maximum absolute atomic E-state index is 6.69. The molecule has 1 heterocycles. The number of halogens is 2. The monoisotopic (exact) mass is 485 g/mol. The molecule has 4 rings (SSSR count). The van der Waals surface area contributed by atoms with E-state index in [9.17, 15) is 0 Å². The molecular formula is C25H25BrClNO2. The van der Waals surface area contributed by atoms with Gasteiger partial charge in [0.05, 0.1) is 13.2 Å². The van der Waals surface area contributed by atoms with Crippen molar-refractivity contribution in [2.24, 2.45) is 0 Å². The van der Waals surface area contributed by atoms with Crippen LogP contribution in [0.15, 0.2) is 83.3 Å². The molecule has 1 fully saturated rings. The molecule has 30 heavy (non-hydrogen) atoms. The lowest BCUT2D eigenvalue weighted by Gasteiger charge is -2.44. The lowest BCUT2D eigenvalue weighted by Crippen LogP contribution is -2.54. The second-order valence-corrected chi connectivity index (χ2v) is 8.90. The summed E-state index contributed by atoms with van der Waals surface area (Å²) in [5.41, 5.74) is 2.85. The first-order valence-corrected chi connectivity index (χ1v) is 11.3. The zero-order valence-corrected chi connectivity index (χ0v) is 19.0. The Balaban J connectivity index is 1.60. The zero-order chi connectivity index (χ0) is 20.8. The average Bonchev–Trinajstić information content (AvgIpc) is 2.79. The lowest BCUT2D eigenvalue weighted by molar-refractivity contribution is -0.176. The maximum atomic E-state index is 6.69. The van der Waals surface area contributed by atoms with Crippen LogP contribution >= 0.6 is 27.5 Å². The van der Waals surface area contributed by atoms with Gasteiger partial charge in [-0.15, -0.1) is 0 Å². The Bertz CT molecular complexity index is 934. The number of rotatable bonds is 7. The first-order valence-electron chi connectivity index (χ1n) is 10.2. The Morgan fingerprint density at radius 1 is 0.900 bits per heavy atom. The molecule has 2 unspecified atom stereocenters. The van der Waals surface area contributed by atoms with Gasteiger partial charge in [-0.1, -0.05) is 82.1 Å². The number of hydrogen-bond donors (Lipinski definition) is 1. The molecule has 2 atom stereocenters. The van der Waals surface area contributed by atoms with Gasteiger partial charge in [0, 0.05) is 16.0 Å². The van der Waals surface area contributed by atoms with Crippen molar-refractivity contribution in [3.63, 3.8) is 0 Å². The SMILES string of the molecule is Clc1ccc(C2(OCc3ccccc3)CCNCC2OCc2ccc(Br)cc2)cc1. The van der Waals surface area contributed by atoms with E-state index >= 15 is 0 Å². The van der Waals surface area contributed by atoms with E-state index in [1.807, 2.05) is 42.5 Å². The predicted octanol–water partition coefficient (Wildman–Crippen LogP) is 6.09. The molecule has 5 heteroatoms. The summed E-state index contributed by atoms with van der Waals surface area (Å²) in [6.07, 6.45) is 0.701. The molecule has 0 bridgehead atoms. The smallest absolute Gasteiger partial charge is 0.122 e. The Kier molecular flexibility index (Phi) is 7.24. The summed E-state index contributed by atoms with van der Waals surface area (Å²) in [4.78, 5) is 0. The van der Waals surface area contributed by atoms with Gasteiger partial charge in [-0.05, 0) is 53.9 Å². The average molecular weight is 487 g/mol. The summed E-state index contributed by atoms with van der Waals surface area (Å²) in [6, 6.07) is 26.5. The quantitative estimate of drug-likeness (QED) is 0.438. The van der Waals surface area contributed by atoms with Crippen molar-refractivity contribution in [3.05, 3.63) is 105 Å². The third-order valence-electron chi connectivity index (χ3n) is 5.56. The van der Waals surface area contributed by atoms with E-state index in [0.717, 1.165) is 45.7 Å². The molecule has 0 aliphatic carbocycles. The van der Waals surface area contributed by atoms with Crippen molar-refractivity contribution in [3.8, 4) is 0 Å². The summed E-state index contributed by atoms with van der Waals surface area (Å²) in [5.74, 6) is 0. The normalized spacial score (nSPS) is 21.5. The Morgan fingerprint density at radius 3 is 2.33 bits per heavy atom. The number of piperidine rings is 1. The van der Waals surface area contributed by atoms with Crippen molar-refractivity contribution in [2.45, 2.75) is 31.3 Å². The number of hydrogen-bond acceptors (Lipinski definition) is 3. The highest BCUT2D eigenvalue weighted by atomic mass is 79.9. The fourth-order valence-electron chi connectivity index (χ4n) is 3.90. The molecule has 0 amide bonds. The van der Waals surface area contributed by atoms with Gasteiger partial charge in [0.2, 0.25) is 0 Å². The molecule has 156 valence electrons. The molecule has 0 saturated carbocycles.